The maximum Gasteiger partial charge on any atom is 0.291 e. The van der Waals surface area contributed by atoms with Crippen LogP contribution in [0.3, 0.4) is 0 Å². The third-order valence-corrected chi connectivity index (χ3v) is 5.41. The first kappa shape index (κ1) is 22.0. The molecule has 2 aromatic carbocycles. The fourth-order valence-corrected chi connectivity index (χ4v) is 3.63. The molecule has 5 aromatic rings. The van der Waals surface area contributed by atoms with E-state index < -0.39 is 0 Å². The average Bonchev–Trinajstić information content (AvgIpc) is 3.54. The van der Waals surface area contributed by atoms with Gasteiger partial charge in [-0.1, -0.05) is 17.3 Å². The minimum atomic E-state index is -0.366. The Hall–Kier alpha value is -4.79. The highest BCUT2D eigenvalue weighted by Gasteiger charge is 2.19. The molecule has 3 heterocycles. The number of carbonyl (C=O) groups excluding carboxylic acids is 2. The van der Waals surface area contributed by atoms with Gasteiger partial charge < -0.3 is 19.6 Å². The summed E-state index contributed by atoms with van der Waals surface area (Å²) in [5.74, 6) is -0.829. The van der Waals surface area contributed by atoms with Crippen LogP contribution < -0.4 is 10.6 Å². The Morgan fingerprint density at radius 1 is 1.00 bits per heavy atom. The second kappa shape index (κ2) is 9.22. The van der Waals surface area contributed by atoms with E-state index in [-0.39, 0.29) is 35.7 Å². The van der Waals surface area contributed by atoms with Crippen LogP contribution in [0.15, 0.2) is 81.9 Å². The van der Waals surface area contributed by atoms with Crippen molar-refractivity contribution in [2.75, 3.05) is 5.32 Å². The van der Waals surface area contributed by atoms with Crippen LogP contribution in [0.5, 0.6) is 0 Å². The number of nitrogens with one attached hydrogen (secondary N) is 2. The highest BCUT2D eigenvalue weighted by molar-refractivity contribution is 6.07. The number of carbonyl (C=O) groups is 2. The summed E-state index contributed by atoms with van der Waals surface area (Å²) < 4.78 is 23.7. The largest absolute Gasteiger partial charge is 0.459 e. The molecular weight excluding hydrogens is 451 g/mol. The van der Waals surface area contributed by atoms with Crippen LogP contribution in [0, 0.1) is 12.7 Å². The number of hydrogen-bond donors (Lipinski definition) is 2. The molecule has 0 radical (unpaired) electrons. The average molecular weight is 470 g/mol. The number of hydrogen-bond acceptors (Lipinski definition) is 6. The second-order valence-corrected chi connectivity index (χ2v) is 7.82. The summed E-state index contributed by atoms with van der Waals surface area (Å²) in [5, 5.41) is 10.1. The van der Waals surface area contributed by atoms with E-state index in [1.807, 2.05) is 0 Å². The van der Waals surface area contributed by atoms with Crippen LogP contribution in [-0.2, 0) is 6.54 Å². The number of aryl methyl sites for hydroxylation is 1. The van der Waals surface area contributed by atoms with Crippen molar-refractivity contribution in [2.24, 2.45) is 0 Å². The number of halogens is 1. The number of furan rings is 1. The van der Waals surface area contributed by atoms with Gasteiger partial charge in [0.25, 0.3) is 17.5 Å². The minimum absolute atomic E-state index is 0.217. The van der Waals surface area contributed by atoms with Crippen LogP contribution in [0.25, 0.3) is 22.4 Å². The van der Waals surface area contributed by atoms with Crippen LogP contribution >= 0.6 is 0 Å². The van der Waals surface area contributed by atoms with Crippen LogP contribution in [-0.4, -0.2) is 22.0 Å². The molecule has 2 amide bonds. The molecule has 0 bridgehead atoms. The molecule has 35 heavy (non-hydrogen) atoms. The van der Waals surface area contributed by atoms with E-state index in [0.29, 0.717) is 33.6 Å². The van der Waals surface area contributed by atoms with Gasteiger partial charge in [0.1, 0.15) is 5.82 Å². The molecule has 0 unspecified atom stereocenters. The van der Waals surface area contributed by atoms with E-state index >= 15 is 0 Å². The Morgan fingerprint density at radius 2 is 1.77 bits per heavy atom. The van der Waals surface area contributed by atoms with Crippen LogP contribution in [0.1, 0.15) is 32.2 Å². The van der Waals surface area contributed by atoms with Gasteiger partial charge in [-0.3, -0.25) is 9.59 Å². The van der Waals surface area contributed by atoms with Gasteiger partial charge in [0, 0.05) is 17.8 Å². The van der Waals surface area contributed by atoms with Crippen LogP contribution in [0.4, 0.5) is 10.1 Å². The Kier molecular flexibility index (Phi) is 5.80. The van der Waals surface area contributed by atoms with Crippen molar-refractivity contribution in [1.29, 1.82) is 0 Å². The third kappa shape index (κ3) is 4.65. The number of pyridine rings is 1. The summed E-state index contributed by atoms with van der Waals surface area (Å²) >= 11 is 0. The van der Waals surface area contributed by atoms with Gasteiger partial charge in [-0.25, -0.2) is 9.37 Å². The number of benzene rings is 2. The number of nitrogens with zero attached hydrogens (tertiary/aromatic N) is 2. The zero-order valence-corrected chi connectivity index (χ0v) is 18.5. The zero-order valence-electron chi connectivity index (χ0n) is 18.5. The summed E-state index contributed by atoms with van der Waals surface area (Å²) in [6, 6.07) is 17.8. The summed E-state index contributed by atoms with van der Waals surface area (Å²) in [4.78, 5) is 29.7. The molecule has 2 N–H and O–H groups in total. The Bertz CT molecular complexity index is 1510. The molecule has 0 aliphatic heterocycles. The molecule has 0 aliphatic carbocycles. The standard InChI is InChI=1S/C26H19FN4O4/c1-15-23-20(13-21(30-26(23)35-31-15)17-6-8-18(27)9-7-17)24(32)28-14-16-4-10-19(11-5-16)29-25(33)22-3-2-12-34-22/h2-13H,14H2,1H3,(H,28,32)(H,29,33). The first-order chi connectivity index (χ1) is 17.0. The Labute approximate surface area is 198 Å². The van der Waals surface area contributed by atoms with E-state index in [1.165, 1.54) is 18.4 Å². The highest BCUT2D eigenvalue weighted by Crippen LogP contribution is 2.27. The maximum absolute atomic E-state index is 13.3. The number of fused-ring (bicyclic) bond motifs is 1. The van der Waals surface area contributed by atoms with Crippen molar-refractivity contribution in [3.8, 4) is 11.3 Å². The van der Waals surface area contributed by atoms with Crippen LogP contribution in [0.2, 0.25) is 0 Å². The first-order valence-electron chi connectivity index (χ1n) is 10.7. The summed E-state index contributed by atoms with van der Waals surface area (Å²) in [7, 11) is 0. The summed E-state index contributed by atoms with van der Waals surface area (Å²) in [5.41, 5.74) is 3.67. The van der Waals surface area contributed by atoms with Crippen molar-refractivity contribution >= 4 is 28.6 Å². The summed E-state index contributed by atoms with van der Waals surface area (Å²) in [6.07, 6.45) is 1.43. The number of anilines is 1. The molecule has 0 aliphatic rings. The number of aromatic nitrogens is 2. The van der Waals surface area contributed by atoms with Crippen molar-refractivity contribution in [1.82, 2.24) is 15.5 Å². The number of amides is 2. The molecule has 0 spiro atoms. The first-order valence-corrected chi connectivity index (χ1v) is 10.7. The van der Waals surface area contributed by atoms with Gasteiger partial charge in [-0.15, -0.1) is 0 Å². The third-order valence-electron chi connectivity index (χ3n) is 5.41. The van der Waals surface area contributed by atoms with Gasteiger partial charge >= 0.3 is 0 Å². The molecule has 9 heteroatoms. The van der Waals surface area contributed by atoms with Crippen molar-refractivity contribution in [3.05, 3.63) is 101 Å². The molecule has 0 atom stereocenters. The lowest BCUT2D eigenvalue weighted by Crippen LogP contribution is -2.23. The van der Waals surface area contributed by atoms with Gasteiger partial charge in [0.15, 0.2) is 5.76 Å². The normalized spacial score (nSPS) is 10.9. The number of rotatable bonds is 6. The second-order valence-electron chi connectivity index (χ2n) is 7.82. The smallest absolute Gasteiger partial charge is 0.291 e. The van der Waals surface area contributed by atoms with Gasteiger partial charge in [0.2, 0.25) is 0 Å². The van der Waals surface area contributed by atoms with Crippen molar-refractivity contribution < 1.29 is 22.9 Å². The fraction of sp³-hybridized carbons (Fsp3) is 0.0769. The van der Waals surface area contributed by atoms with E-state index in [9.17, 15) is 14.0 Å². The molecule has 0 saturated heterocycles. The molecular formula is C26H19FN4O4. The van der Waals surface area contributed by atoms with Gasteiger partial charge in [-0.05, 0) is 67.1 Å². The lowest BCUT2D eigenvalue weighted by Gasteiger charge is -2.09. The highest BCUT2D eigenvalue weighted by atomic mass is 19.1. The molecule has 174 valence electrons. The van der Waals surface area contributed by atoms with Gasteiger partial charge in [-0.2, -0.15) is 0 Å². The minimum Gasteiger partial charge on any atom is -0.459 e. The summed E-state index contributed by atoms with van der Waals surface area (Å²) in [6.45, 7) is 1.99. The molecule has 8 nitrogen and oxygen atoms in total. The topological polar surface area (TPSA) is 110 Å². The van der Waals surface area contributed by atoms with Crippen molar-refractivity contribution in [2.45, 2.75) is 13.5 Å². The predicted molar refractivity (Wildman–Crippen MR) is 126 cm³/mol. The quantitative estimate of drug-likeness (QED) is 0.357. The lowest BCUT2D eigenvalue weighted by atomic mass is 10.0. The molecule has 0 fully saturated rings. The van der Waals surface area contributed by atoms with E-state index in [4.69, 9.17) is 8.94 Å². The van der Waals surface area contributed by atoms with E-state index in [0.717, 1.165) is 5.56 Å². The Morgan fingerprint density at radius 3 is 2.49 bits per heavy atom. The monoisotopic (exact) mass is 470 g/mol. The van der Waals surface area contributed by atoms with Crippen molar-refractivity contribution in [3.63, 3.8) is 0 Å². The Balaban J connectivity index is 1.32. The zero-order chi connectivity index (χ0) is 24.4. The molecule has 5 rings (SSSR count). The van der Waals surface area contributed by atoms with Gasteiger partial charge in [0.05, 0.1) is 28.6 Å². The van der Waals surface area contributed by atoms with E-state index in [1.54, 1.807) is 61.5 Å². The lowest BCUT2D eigenvalue weighted by molar-refractivity contribution is 0.0951. The SMILES string of the molecule is Cc1noc2nc(-c3ccc(F)cc3)cc(C(=O)NCc3ccc(NC(=O)c4ccco4)cc3)c12. The predicted octanol–water partition coefficient (Wildman–Crippen LogP) is 5.11. The fourth-order valence-electron chi connectivity index (χ4n) is 3.63. The van der Waals surface area contributed by atoms with E-state index in [2.05, 4.69) is 20.8 Å². The molecule has 3 aromatic heterocycles. The maximum atomic E-state index is 13.3. The molecule has 0 saturated carbocycles.